The van der Waals surface area contributed by atoms with E-state index < -0.39 is 11.6 Å². The van der Waals surface area contributed by atoms with E-state index in [1.807, 2.05) is 13.8 Å². The monoisotopic (exact) mass is 268 g/mol. The van der Waals surface area contributed by atoms with Gasteiger partial charge in [-0.1, -0.05) is 13.8 Å². The van der Waals surface area contributed by atoms with Crippen molar-refractivity contribution < 1.29 is 13.6 Å². The molecule has 0 radical (unpaired) electrons. The summed E-state index contributed by atoms with van der Waals surface area (Å²) in [6.07, 6.45) is 1.92. The molecule has 0 atom stereocenters. The van der Waals surface area contributed by atoms with Crippen LogP contribution in [-0.4, -0.2) is 23.4 Å². The highest BCUT2D eigenvalue weighted by atomic mass is 19.2. The summed E-state index contributed by atoms with van der Waals surface area (Å²) in [6, 6.07) is 1.97. The Labute approximate surface area is 111 Å². The average molecular weight is 268 g/mol. The number of benzene rings is 1. The SMILES string of the molecule is CC(C)CN(C(=O)c1cc(F)c(F)cc1N)C1CC1. The van der Waals surface area contributed by atoms with E-state index in [1.165, 1.54) is 0 Å². The van der Waals surface area contributed by atoms with Crippen LogP contribution >= 0.6 is 0 Å². The van der Waals surface area contributed by atoms with Crippen LogP contribution in [0.25, 0.3) is 0 Å². The first-order valence-corrected chi connectivity index (χ1v) is 6.45. The van der Waals surface area contributed by atoms with Gasteiger partial charge in [-0.3, -0.25) is 4.79 Å². The number of carbonyl (C=O) groups is 1. The number of hydrogen-bond donors (Lipinski definition) is 1. The minimum absolute atomic E-state index is 0.0155. The molecule has 5 heteroatoms. The van der Waals surface area contributed by atoms with Gasteiger partial charge in [-0.15, -0.1) is 0 Å². The van der Waals surface area contributed by atoms with Gasteiger partial charge in [0, 0.05) is 24.3 Å². The normalized spacial score (nSPS) is 14.8. The van der Waals surface area contributed by atoms with Gasteiger partial charge in [-0.25, -0.2) is 8.78 Å². The van der Waals surface area contributed by atoms with E-state index in [2.05, 4.69) is 0 Å². The van der Waals surface area contributed by atoms with Gasteiger partial charge < -0.3 is 10.6 Å². The summed E-state index contributed by atoms with van der Waals surface area (Å²) < 4.78 is 26.3. The average Bonchev–Trinajstić information content (AvgIpc) is 3.14. The van der Waals surface area contributed by atoms with Crippen LogP contribution in [0.1, 0.15) is 37.0 Å². The lowest BCUT2D eigenvalue weighted by molar-refractivity contribution is 0.0723. The van der Waals surface area contributed by atoms with Gasteiger partial charge in [0.2, 0.25) is 0 Å². The van der Waals surface area contributed by atoms with Crippen LogP contribution in [-0.2, 0) is 0 Å². The molecule has 0 unspecified atom stereocenters. The molecular weight excluding hydrogens is 250 g/mol. The third-order valence-electron chi connectivity index (χ3n) is 3.13. The fourth-order valence-electron chi connectivity index (χ4n) is 2.08. The number of carbonyl (C=O) groups excluding carboxylic acids is 1. The highest BCUT2D eigenvalue weighted by Gasteiger charge is 2.34. The van der Waals surface area contributed by atoms with Crippen LogP contribution < -0.4 is 5.73 Å². The Bertz CT molecular complexity index is 498. The molecule has 0 saturated heterocycles. The third kappa shape index (κ3) is 3.03. The molecule has 2 N–H and O–H groups in total. The standard InChI is InChI=1S/C14H18F2N2O/c1-8(2)7-18(9-3-4-9)14(19)10-5-11(15)12(16)6-13(10)17/h5-6,8-9H,3-4,7,17H2,1-2H3. The third-order valence-corrected chi connectivity index (χ3v) is 3.13. The van der Waals surface area contributed by atoms with Crippen LogP contribution in [0, 0.1) is 17.6 Å². The zero-order valence-electron chi connectivity index (χ0n) is 11.1. The lowest BCUT2D eigenvalue weighted by atomic mass is 10.1. The number of halogens is 2. The molecule has 0 aromatic heterocycles. The fourth-order valence-corrected chi connectivity index (χ4v) is 2.08. The molecule has 1 amide bonds. The van der Waals surface area contributed by atoms with Gasteiger partial charge in [0.25, 0.3) is 5.91 Å². The van der Waals surface area contributed by atoms with Crippen molar-refractivity contribution in [2.75, 3.05) is 12.3 Å². The Balaban J connectivity index is 2.28. The molecule has 2 rings (SSSR count). The number of nitrogen functional groups attached to an aromatic ring is 1. The van der Waals surface area contributed by atoms with Gasteiger partial charge in [0.1, 0.15) is 0 Å². The molecule has 1 aromatic rings. The molecule has 3 nitrogen and oxygen atoms in total. The van der Waals surface area contributed by atoms with Crippen LogP contribution in [0.4, 0.5) is 14.5 Å². The van der Waals surface area contributed by atoms with Gasteiger partial charge in [0.05, 0.1) is 5.56 Å². The first-order chi connectivity index (χ1) is 8.90. The van der Waals surface area contributed by atoms with Crippen molar-refractivity contribution in [2.24, 2.45) is 5.92 Å². The lowest BCUT2D eigenvalue weighted by Crippen LogP contribution is -2.36. The van der Waals surface area contributed by atoms with E-state index in [1.54, 1.807) is 4.90 Å². The molecule has 1 fully saturated rings. The number of amides is 1. The molecule has 0 heterocycles. The predicted octanol–water partition coefficient (Wildman–Crippen LogP) is 2.81. The van der Waals surface area contributed by atoms with Crippen LogP contribution in [0.15, 0.2) is 12.1 Å². The van der Waals surface area contributed by atoms with Crippen molar-refractivity contribution in [3.63, 3.8) is 0 Å². The minimum Gasteiger partial charge on any atom is -0.398 e. The van der Waals surface area contributed by atoms with E-state index in [0.29, 0.717) is 12.5 Å². The summed E-state index contributed by atoms with van der Waals surface area (Å²) in [5, 5.41) is 0. The number of nitrogens with zero attached hydrogens (tertiary/aromatic N) is 1. The maximum Gasteiger partial charge on any atom is 0.256 e. The number of nitrogens with two attached hydrogens (primary N) is 1. The molecule has 1 aliphatic rings. The van der Waals surface area contributed by atoms with Crippen molar-refractivity contribution >= 4 is 11.6 Å². The molecule has 1 aliphatic carbocycles. The van der Waals surface area contributed by atoms with Gasteiger partial charge >= 0.3 is 0 Å². The molecule has 0 aliphatic heterocycles. The second kappa shape index (κ2) is 5.15. The quantitative estimate of drug-likeness (QED) is 0.853. The second-order valence-electron chi connectivity index (χ2n) is 5.44. The summed E-state index contributed by atoms with van der Waals surface area (Å²) in [4.78, 5) is 14.1. The van der Waals surface area contributed by atoms with E-state index in [9.17, 15) is 13.6 Å². The van der Waals surface area contributed by atoms with Crippen LogP contribution in [0.3, 0.4) is 0 Å². The first kappa shape index (κ1) is 13.8. The number of anilines is 1. The van der Waals surface area contributed by atoms with E-state index in [0.717, 1.165) is 25.0 Å². The maximum absolute atomic E-state index is 13.3. The molecule has 104 valence electrons. The van der Waals surface area contributed by atoms with Gasteiger partial charge in [-0.2, -0.15) is 0 Å². The van der Waals surface area contributed by atoms with E-state index >= 15 is 0 Å². The summed E-state index contributed by atoms with van der Waals surface area (Å²) in [6.45, 7) is 4.62. The highest BCUT2D eigenvalue weighted by Crippen LogP contribution is 2.30. The largest absolute Gasteiger partial charge is 0.398 e. The predicted molar refractivity (Wildman–Crippen MR) is 69.7 cm³/mol. The number of rotatable bonds is 4. The zero-order chi connectivity index (χ0) is 14.2. The second-order valence-corrected chi connectivity index (χ2v) is 5.44. The number of hydrogen-bond acceptors (Lipinski definition) is 2. The molecule has 1 aromatic carbocycles. The van der Waals surface area contributed by atoms with E-state index in [4.69, 9.17) is 5.73 Å². The Morgan fingerprint density at radius 1 is 1.37 bits per heavy atom. The topological polar surface area (TPSA) is 46.3 Å². The Morgan fingerprint density at radius 3 is 2.47 bits per heavy atom. The summed E-state index contributed by atoms with van der Waals surface area (Å²) in [7, 11) is 0. The highest BCUT2D eigenvalue weighted by molar-refractivity contribution is 5.99. The van der Waals surface area contributed by atoms with E-state index in [-0.39, 0.29) is 23.2 Å². The van der Waals surface area contributed by atoms with Crippen LogP contribution in [0.2, 0.25) is 0 Å². The molecular formula is C14H18F2N2O. The van der Waals surface area contributed by atoms with Crippen molar-refractivity contribution in [2.45, 2.75) is 32.7 Å². The van der Waals surface area contributed by atoms with Crippen LogP contribution in [0.5, 0.6) is 0 Å². The van der Waals surface area contributed by atoms with Gasteiger partial charge in [-0.05, 0) is 24.8 Å². The Morgan fingerprint density at radius 2 is 1.95 bits per heavy atom. The van der Waals surface area contributed by atoms with Crippen molar-refractivity contribution in [3.05, 3.63) is 29.3 Å². The molecule has 1 saturated carbocycles. The molecule has 19 heavy (non-hydrogen) atoms. The Kier molecular flexibility index (Phi) is 3.73. The maximum atomic E-state index is 13.3. The lowest BCUT2D eigenvalue weighted by Gasteiger charge is -2.25. The summed E-state index contributed by atoms with van der Waals surface area (Å²) in [5.41, 5.74) is 5.66. The summed E-state index contributed by atoms with van der Waals surface area (Å²) in [5.74, 6) is -2.07. The van der Waals surface area contributed by atoms with Crippen molar-refractivity contribution in [3.8, 4) is 0 Å². The zero-order valence-corrected chi connectivity index (χ0v) is 11.1. The fraction of sp³-hybridized carbons (Fsp3) is 0.500. The minimum atomic E-state index is -1.04. The van der Waals surface area contributed by atoms with Gasteiger partial charge in [0.15, 0.2) is 11.6 Å². The smallest absolute Gasteiger partial charge is 0.256 e. The Hall–Kier alpha value is -1.65. The summed E-state index contributed by atoms with van der Waals surface area (Å²) >= 11 is 0. The molecule has 0 bridgehead atoms. The molecule has 0 spiro atoms. The van der Waals surface area contributed by atoms with Crippen molar-refractivity contribution in [1.29, 1.82) is 0 Å². The van der Waals surface area contributed by atoms with Crippen molar-refractivity contribution in [1.82, 2.24) is 4.90 Å². The first-order valence-electron chi connectivity index (χ1n) is 6.45.